The predicted molar refractivity (Wildman–Crippen MR) is 54.8 cm³/mol. The molecule has 1 amide bonds. The van der Waals surface area contributed by atoms with Crippen LogP contribution in [0.25, 0.3) is 0 Å². The van der Waals surface area contributed by atoms with Gasteiger partial charge in [-0.3, -0.25) is 4.79 Å². The molecule has 0 aromatic carbocycles. The number of carbonyl (C=O) groups excluding carboxylic acids is 1. The van der Waals surface area contributed by atoms with Crippen molar-refractivity contribution in [3.05, 3.63) is 12.2 Å². The molecule has 1 saturated heterocycles. The molecule has 0 spiro atoms. The van der Waals surface area contributed by atoms with Crippen molar-refractivity contribution in [1.82, 2.24) is 5.32 Å². The normalized spacial score (nSPS) is 32.4. The van der Waals surface area contributed by atoms with Gasteiger partial charge in [0.25, 0.3) is 0 Å². The van der Waals surface area contributed by atoms with Gasteiger partial charge in [0.05, 0.1) is 11.6 Å². The number of ether oxygens (including phenoxy) is 1. The molecule has 3 N–H and O–H groups in total. The van der Waals surface area contributed by atoms with Crippen molar-refractivity contribution >= 4 is 5.91 Å². The number of carbonyl (C=O) groups is 1. The van der Waals surface area contributed by atoms with Gasteiger partial charge in [-0.1, -0.05) is 6.08 Å². The quantitative estimate of drug-likeness (QED) is 0.636. The molecule has 1 rings (SSSR count). The fourth-order valence-electron chi connectivity index (χ4n) is 1.50. The summed E-state index contributed by atoms with van der Waals surface area (Å²) in [5.41, 5.74) is 5.01. The van der Waals surface area contributed by atoms with Crippen LogP contribution in [-0.2, 0) is 9.53 Å². The Morgan fingerprint density at radius 2 is 2.50 bits per heavy atom. The van der Waals surface area contributed by atoms with Crippen molar-refractivity contribution in [3.8, 4) is 0 Å². The molecular formula is C10H18N2O2. The molecule has 0 aromatic rings. The van der Waals surface area contributed by atoms with Crippen LogP contribution in [0, 0.1) is 0 Å². The van der Waals surface area contributed by atoms with Crippen molar-refractivity contribution in [2.24, 2.45) is 5.73 Å². The third-order valence-corrected chi connectivity index (χ3v) is 2.70. The van der Waals surface area contributed by atoms with E-state index in [-0.39, 0.29) is 17.6 Å². The van der Waals surface area contributed by atoms with Gasteiger partial charge in [0.2, 0.25) is 5.91 Å². The standard InChI is InChI=1S/C10H18N2O2/c1-8-10(2,5-7-14-8)12-9(13)4-3-6-11/h3-4,8H,5-7,11H2,1-2H3,(H,12,13)/b4-3+. The first kappa shape index (κ1) is 11.2. The van der Waals surface area contributed by atoms with Gasteiger partial charge in [-0.2, -0.15) is 0 Å². The number of nitrogens with one attached hydrogen (secondary N) is 1. The van der Waals surface area contributed by atoms with Gasteiger partial charge in [-0.05, 0) is 20.3 Å². The van der Waals surface area contributed by atoms with E-state index in [4.69, 9.17) is 10.5 Å². The zero-order valence-electron chi connectivity index (χ0n) is 8.75. The van der Waals surface area contributed by atoms with E-state index in [1.165, 1.54) is 6.08 Å². The summed E-state index contributed by atoms with van der Waals surface area (Å²) in [6.45, 7) is 5.06. The lowest BCUT2D eigenvalue weighted by molar-refractivity contribution is -0.118. The molecule has 0 bridgehead atoms. The maximum absolute atomic E-state index is 11.4. The molecule has 0 saturated carbocycles. The van der Waals surface area contributed by atoms with Gasteiger partial charge >= 0.3 is 0 Å². The van der Waals surface area contributed by atoms with Crippen LogP contribution >= 0.6 is 0 Å². The van der Waals surface area contributed by atoms with Crippen molar-refractivity contribution in [2.45, 2.75) is 31.9 Å². The van der Waals surface area contributed by atoms with Gasteiger partial charge in [0, 0.05) is 19.2 Å². The molecule has 4 nitrogen and oxygen atoms in total. The van der Waals surface area contributed by atoms with E-state index >= 15 is 0 Å². The van der Waals surface area contributed by atoms with E-state index in [9.17, 15) is 4.79 Å². The first-order valence-electron chi connectivity index (χ1n) is 4.89. The van der Waals surface area contributed by atoms with Crippen molar-refractivity contribution < 1.29 is 9.53 Å². The van der Waals surface area contributed by atoms with Crippen molar-refractivity contribution in [2.75, 3.05) is 13.2 Å². The second kappa shape index (κ2) is 4.57. The molecular weight excluding hydrogens is 180 g/mol. The van der Waals surface area contributed by atoms with E-state index in [1.54, 1.807) is 6.08 Å². The van der Waals surface area contributed by atoms with Crippen LogP contribution in [0.15, 0.2) is 12.2 Å². The third-order valence-electron chi connectivity index (χ3n) is 2.70. The molecule has 1 heterocycles. The molecule has 14 heavy (non-hydrogen) atoms. The Hall–Kier alpha value is -0.870. The molecule has 0 radical (unpaired) electrons. The Morgan fingerprint density at radius 1 is 1.79 bits per heavy atom. The molecule has 4 heteroatoms. The lowest BCUT2D eigenvalue weighted by atomic mass is 9.95. The Kier molecular flexibility index (Phi) is 3.66. The summed E-state index contributed by atoms with van der Waals surface area (Å²) >= 11 is 0. The lowest BCUT2D eigenvalue weighted by Gasteiger charge is -2.28. The summed E-state index contributed by atoms with van der Waals surface area (Å²) in [6.07, 6.45) is 4.03. The van der Waals surface area contributed by atoms with Crippen LogP contribution in [0.3, 0.4) is 0 Å². The van der Waals surface area contributed by atoms with Gasteiger partial charge in [0.15, 0.2) is 0 Å². The SMILES string of the molecule is CC1OCCC1(C)NC(=O)/C=C/CN. The molecule has 0 aromatic heterocycles. The van der Waals surface area contributed by atoms with E-state index < -0.39 is 0 Å². The number of nitrogens with two attached hydrogens (primary N) is 1. The van der Waals surface area contributed by atoms with Crippen LogP contribution < -0.4 is 11.1 Å². The summed E-state index contributed by atoms with van der Waals surface area (Å²) in [5, 5.41) is 2.93. The second-order valence-electron chi connectivity index (χ2n) is 3.81. The topological polar surface area (TPSA) is 64.3 Å². The smallest absolute Gasteiger partial charge is 0.244 e. The molecule has 1 fully saturated rings. The second-order valence-corrected chi connectivity index (χ2v) is 3.81. The highest BCUT2D eigenvalue weighted by Gasteiger charge is 2.37. The Balaban J connectivity index is 2.50. The molecule has 2 unspecified atom stereocenters. The minimum absolute atomic E-state index is 0.0673. The Morgan fingerprint density at radius 3 is 3.00 bits per heavy atom. The minimum Gasteiger partial charge on any atom is -0.376 e. The largest absolute Gasteiger partial charge is 0.376 e. The first-order chi connectivity index (χ1) is 6.58. The monoisotopic (exact) mass is 198 g/mol. The Labute approximate surface area is 84.5 Å². The zero-order valence-corrected chi connectivity index (χ0v) is 8.75. The predicted octanol–water partition coefficient (Wildman–Crippen LogP) is 0.185. The van der Waals surface area contributed by atoms with E-state index in [0.29, 0.717) is 13.2 Å². The van der Waals surface area contributed by atoms with Gasteiger partial charge in [-0.15, -0.1) is 0 Å². The molecule has 1 aliphatic rings. The fraction of sp³-hybridized carbons (Fsp3) is 0.700. The highest BCUT2D eigenvalue weighted by molar-refractivity contribution is 5.88. The van der Waals surface area contributed by atoms with E-state index in [0.717, 1.165) is 6.42 Å². The van der Waals surface area contributed by atoms with Gasteiger partial charge < -0.3 is 15.8 Å². The van der Waals surface area contributed by atoms with Crippen LogP contribution in [0.2, 0.25) is 0 Å². The number of rotatable bonds is 3. The maximum Gasteiger partial charge on any atom is 0.244 e. The van der Waals surface area contributed by atoms with E-state index in [1.807, 2.05) is 13.8 Å². The van der Waals surface area contributed by atoms with Crippen LogP contribution in [0.1, 0.15) is 20.3 Å². The summed E-state index contributed by atoms with van der Waals surface area (Å²) in [6, 6.07) is 0. The van der Waals surface area contributed by atoms with Gasteiger partial charge in [0.1, 0.15) is 0 Å². The lowest BCUT2D eigenvalue weighted by Crippen LogP contribution is -2.50. The molecule has 0 aliphatic carbocycles. The average molecular weight is 198 g/mol. The minimum atomic E-state index is -0.240. The Bertz CT molecular complexity index is 240. The zero-order chi connectivity index (χ0) is 10.6. The highest BCUT2D eigenvalue weighted by atomic mass is 16.5. The van der Waals surface area contributed by atoms with Crippen LogP contribution in [-0.4, -0.2) is 30.7 Å². The molecule has 1 aliphatic heterocycles. The number of hydrogen-bond acceptors (Lipinski definition) is 3. The van der Waals surface area contributed by atoms with Gasteiger partial charge in [-0.25, -0.2) is 0 Å². The number of amides is 1. The van der Waals surface area contributed by atoms with Crippen LogP contribution in [0.4, 0.5) is 0 Å². The van der Waals surface area contributed by atoms with E-state index in [2.05, 4.69) is 5.32 Å². The fourth-order valence-corrected chi connectivity index (χ4v) is 1.50. The average Bonchev–Trinajstić information content (AvgIpc) is 2.43. The third kappa shape index (κ3) is 2.56. The van der Waals surface area contributed by atoms with Crippen molar-refractivity contribution in [1.29, 1.82) is 0 Å². The molecule has 2 atom stereocenters. The maximum atomic E-state index is 11.4. The number of hydrogen-bond donors (Lipinski definition) is 2. The van der Waals surface area contributed by atoms with Crippen molar-refractivity contribution in [3.63, 3.8) is 0 Å². The van der Waals surface area contributed by atoms with Crippen LogP contribution in [0.5, 0.6) is 0 Å². The summed E-state index contributed by atoms with van der Waals surface area (Å²) in [4.78, 5) is 11.4. The summed E-state index contributed by atoms with van der Waals surface area (Å²) < 4.78 is 5.41. The summed E-state index contributed by atoms with van der Waals surface area (Å²) in [7, 11) is 0. The molecule has 80 valence electrons. The highest BCUT2D eigenvalue weighted by Crippen LogP contribution is 2.24. The first-order valence-corrected chi connectivity index (χ1v) is 4.89. The summed E-state index contributed by atoms with van der Waals surface area (Å²) in [5.74, 6) is -0.102.